The molecule has 0 bridgehead atoms. The quantitative estimate of drug-likeness (QED) is 0.258. The number of nitrogens with one attached hydrogen (secondary N) is 1. The third-order valence-electron chi connectivity index (χ3n) is 6.24. The number of methoxy groups -OCH3 is 1. The molecule has 0 spiro atoms. The van der Waals surface area contributed by atoms with Crippen LogP contribution in [0.25, 0.3) is 0 Å². The Kier molecular flexibility index (Phi) is 10.2. The lowest BCUT2D eigenvalue weighted by Gasteiger charge is -2.23. The lowest BCUT2D eigenvalue weighted by molar-refractivity contribution is -0.136. The van der Waals surface area contributed by atoms with Crippen LogP contribution >= 0.6 is 11.6 Å². The van der Waals surface area contributed by atoms with Gasteiger partial charge in [-0.05, 0) is 68.0 Å². The predicted octanol–water partition coefficient (Wildman–Crippen LogP) is 7.08. The number of benzene rings is 3. The second kappa shape index (κ2) is 13.3. The summed E-state index contributed by atoms with van der Waals surface area (Å²) >= 11 is 6.07. The van der Waals surface area contributed by atoms with Crippen molar-refractivity contribution in [2.75, 3.05) is 7.11 Å². The number of carboxylic acid groups (broad SMARTS) is 1. The summed E-state index contributed by atoms with van der Waals surface area (Å²) in [6, 6.07) is 16.6. The zero-order valence-electron chi connectivity index (χ0n) is 22.6. The smallest absolute Gasteiger partial charge is 0.303 e. The molecular formula is C31H36ClNO5. The van der Waals surface area contributed by atoms with Crippen LogP contribution in [-0.4, -0.2) is 24.1 Å². The van der Waals surface area contributed by atoms with Gasteiger partial charge in [-0.1, -0.05) is 66.9 Å². The van der Waals surface area contributed by atoms with E-state index < -0.39 is 5.97 Å². The summed E-state index contributed by atoms with van der Waals surface area (Å²) in [7, 11) is 1.57. The van der Waals surface area contributed by atoms with E-state index in [-0.39, 0.29) is 31.4 Å². The van der Waals surface area contributed by atoms with Crippen LogP contribution in [0, 0.1) is 19.8 Å². The zero-order valence-corrected chi connectivity index (χ0v) is 23.4. The van der Waals surface area contributed by atoms with Crippen molar-refractivity contribution in [2.45, 2.75) is 59.6 Å². The molecule has 7 heteroatoms. The Morgan fingerprint density at radius 2 is 1.66 bits per heavy atom. The maximum absolute atomic E-state index is 13.7. The van der Waals surface area contributed by atoms with E-state index in [1.165, 1.54) is 0 Å². The molecule has 1 unspecified atom stereocenters. The summed E-state index contributed by atoms with van der Waals surface area (Å²) in [5.74, 6) is 0.289. The average molecular weight is 538 g/mol. The molecule has 0 aliphatic carbocycles. The van der Waals surface area contributed by atoms with Crippen molar-refractivity contribution in [1.29, 1.82) is 0 Å². The first-order valence-electron chi connectivity index (χ1n) is 12.7. The highest BCUT2D eigenvalue weighted by Gasteiger charge is 2.21. The van der Waals surface area contributed by atoms with Crippen LogP contribution < -0.4 is 14.8 Å². The van der Waals surface area contributed by atoms with E-state index in [0.29, 0.717) is 33.6 Å². The van der Waals surface area contributed by atoms with Gasteiger partial charge in [-0.2, -0.15) is 0 Å². The largest absolute Gasteiger partial charge is 0.496 e. The maximum atomic E-state index is 13.7. The molecule has 3 rings (SSSR count). The number of hydrogen-bond donors (Lipinski definition) is 2. The van der Waals surface area contributed by atoms with E-state index in [0.717, 1.165) is 28.7 Å². The van der Waals surface area contributed by atoms with Gasteiger partial charge in [0.2, 0.25) is 0 Å². The van der Waals surface area contributed by atoms with Gasteiger partial charge in [0.05, 0.1) is 13.2 Å². The molecule has 3 aromatic carbocycles. The molecule has 1 amide bonds. The number of halogens is 1. The molecule has 202 valence electrons. The van der Waals surface area contributed by atoms with Gasteiger partial charge < -0.3 is 19.9 Å². The van der Waals surface area contributed by atoms with Crippen LogP contribution in [0.3, 0.4) is 0 Å². The van der Waals surface area contributed by atoms with Crippen molar-refractivity contribution in [1.82, 2.24) is 5.32 Å². The predicted molar refractivity (Wildman–Crippen MR) is 150 cm³/mol. The zero-order chi connectivity index (χ0) is 27.8. The first kappa shape index (κ1) is 29.1. The lowest BCUT2D eigenvalue weighted by atomic mass is 9.93. The molecule has 0 fully saturated rings. The van der Waals surface area contributed by atoms with Crippen molar-refractivity contribution in [2.24, 2.45) is 5.92 Å². The van der Waals surface area contributed by atoms with Gasteiger partial charge in [-0.25, -0.2) is 0 Å². The second-order valence-electron chi connectivity index (χ2n) is 10.0. The van der Waals surface area contributed by atoms with Gasteiger partial charge in [-0.3, -0.25) is 9.59 Å². The van der Waals surface area contributed by atoms with Crippen LogP contribution in [0.1, 0.15) is 70.9 Å². The molecule has 0 saturated carbocycles. The van der Waals surface area contributed by atoms with Crippen LogP contribution in [0.4, 0.5) is 0 Å². The maximum Gasteiger partial charge on any atom is 0.303 e. The Labute approximate surface area is 229 Å². The molecule has 0 aliphatic rings. The Bertz CT molecular complexity index is 1270. The first-order chi connectivity index (χ1) is 18.0. The lowest BCUT2D eigenvalue weighted by Crippen LogP contribution is -2.30. The summed E-state index contributed by atoms with van der Waals surface area (Å²) in [5, 5.41) is 13.0. The number of carbonyl (C=O) groups is 2. The number of hydrogen-bond acceptors (Lipinski definition) is 4. The summed E-state index contributed by atoms with van der Waals surface area (Å²) in [5.41, 5.74) is 5.20. The fraction of sp³-hybridized carbons (Fsp3) is 0.355. The molecule has 0 heterocycles. The first-order valence-corrected chi connectivity index (χ1v) is 13.1. The second-order valence-corrected chi connectivity index (χ2v) is 10.5. The van der Waals surface area contributed by atoms with Gasteiger partial charge >= 0.3 is 5.97 Å². The summed E-state index contributed by atoms with van der Waals surface area (Å²) < 4.78 is 11.4. The highest BCUT2D eigenvalue weighted by molar-refractivity contribution is 6.30. The van der Waals surface area contributed by atoms with Crippen LogP contribution in [0.2, 0.25) is 5.02 Å². The number of aliphatic carboxylic acids is 1. The van der Waals surface area contributed by atoms with E-state index in [4.69, 9.17) is 21.1 Å². The van der Waals surface area contributed by atoms with Crippen molar-refractivity contribution >= 4 is 23.5 Å². The fourth-order valence-electron chi connectivity index (χ4n) is 4.51. The number of rotatable bonds is 12. The van der Waals surface area contributed by atoms with E-state index in [1.54, 1.807) is 37.4 Å². The summed E-state index contributed by atoms with van der Waals surface area (Å²) in [6.07, 6.45) is 0.933. The summed E-state index contributed by atoms with van der Waals surface area (Å²) in [6.45, 7) is 8.56. The van der Waals surface area contributed by atoms with Crippen molar-refractivity contribution in [3.05, 3.63) is 93.0 Å². The van der Waals surface area contributed by atoms with Crippen molar-refractivity contribution in [3.63, 3.8) is 0 Å². The standard InChI is InChI=1S/C31H36ClNO5/c1-19(2)12-28(24-14-20(3)13-21(4)15-24)33-31(36)27-17-26(10-7-22(27)8-11-30(34)35)38-18-23-6-9-25(32)16-29(23)37-5/h6-7,9-10,13-17,19,28H,8,11-12,18H2,1-5H3,(H,33,36)(H,34,35). The van der Waals surface area contributed by atoms with E-state index in [2.05, 4.69) is 37.4 Å². The average Bonchev–Trinajstić information content (AvgIpc) is 2.85. The molecule has 0 aliphatic heterocycles. The van der Waals surface area contributed by atoms with Crippen LogP contribution in [0.5, 0.6) is 11.5 Å². The minimum atomic E-state index is -0.917. The van der Waals surface area contributed by atoms with Gasteiger partial charge in [-0.15, -0.1) is 0 Å². The molecule has 2 N–H and O–H groups in total. The van der Waals surface area contributed by atoms with Crippen molar-refractivity contribution < 1.29 is 24.2 Å². The number of amides is 1. The third kappa shape index (κ3) is 8.25. The Hall–Kier alpha value is -3.51. The molecule has 1 atom stereocenters. The highest BCUT2D eigenvalue weighted by Crippen LogP contribution is 2.28. The molecule has 3 aromatic rings. The molecule has 0 radical (unpaired) electrons. The molecule has 0 saturated heterocycles. The van der Waals surface area contributed by atoms with Crippen LogP contribution in [-0.2, 0) is 17.8 Å². The molecule has 6 nitrogen and oxygen atoms in total. The highest BCUT2D eigenvalue weighted by atomic mass is 35.5. The Morgan fingerprint density at radius 3 is 2.29 bits per heavy atom. The Balaban J connectivity index is 1.90. The van der Waals surface area contributed by atoms with Gasteiger partial charge in [0, 0.05) is 22.6 Å². The van der Waals surface area contributed by atoms with Gasteiger partial charge in [0.15, 0.2) is 0 Å². The van der Waals surface area contributed by atoms with E-state index >= 15 is 0 Å². The Morgan fingerprint density at radius 1 is 0.974 bits per heavy atom. The van der Waals surface area contributed by atoms with Gasteiger partial charge in [0.1, 0.15) is 18.1 Å². The minimum absolute atomic E-state index is 0.0744. The monoisotopic (exact) mass is 537 g/mol. The van der Waals surface area contributed by atoms with E-state index in [9.17, 15) is 14.7 Å². The normalized spacial score (nSPS) is 11.8. The molecule has 38 heavy (non-hydrogen) atoms. The topological polar surface area (TPSA) is 84.9 Å². The van der Waals surface area contributed by atoms with Gasteiger partial charge in [0.25, 0.3) is 5.91 Å². The molecular weight excluding hydrogens is 502 g/mol. The van der Waals surface area contributed by atoms with Crippen molar-refractivity contribution in [3.8, 4) is 11.5 Å². The minimum Gasteiger partial charge on any atom is -0.496 e. The van der Waals surface area contributed by atoms with E-state index in [1.807, 2.05) is 19.9 Å². The summed E-state index contributed by atoms with van der Waals surface area (Å²) in [4.78, 5) is 24.9. The number of carbonyl (C=O) groups excluding carboxylic acids is 1. The number of aryl methyl sites for hydroxylation is 3. The number of carboxylic acids is 1. The molecule has 0 aromatic heterocycles. The fourth-order valence-corrected chi connectivity index (χ4v) is 4.67. The van der Waals surface area contributed by atoms with Crippen LogP contribution in [0.15, 0.2) is 54.6 Å². The number of ether oxygens (including phenoxy) is 2. The third-order valence-corrected chi connectivity index (χ3v) is 6.47. The SMILES string of the molecule is COc1cc(Cl)ccc1COc1ccc(CCC(=O)O)c(C(=O)NC(CC(C)C)c2cc(C)cc(C)c2)c1.